The number of pyridine rings is 1. The Kier molecular flexibility index (Phi) is 5.73. The number of carbonyl (C=O) groups excluding carboxylic acids is 1. The van der Waals surface area contributed by atoms with Crippen LogP contribution in [0, 0.1) is 11.7 Å². The number of nitrogens with one attached hydrogen (secondary N) is 1. The Labute approximate surface area is 185 Å². The van der Waals surface area contributed by atoms with Crippen molar-refractivity contribution >= 4 is 34.1 Å². The predicted molar refractivity (Wildman–Crippen MR) is 120 cm³/mol. The maximum atomic E-state index is 13.9. The second-order valence-corrected chi connectivity index (χ2v) is 8.93. The number of anilines is 1. The number of halogens is 2. The van der Waals surface area contributed by atoms with Crippen LogP contribution >= 0.6 is 11.6 Å². The van der Waals surface area contributed by atoms with Gasteiger partial charge in [0.25, 0.3) is 0 Å². The fraction of sp³-hybridized carbons (Fsp3) is 0.333. The summed E-state index contributed by atoms with van der Waals surface area (Å²) in [5.41, 5.74) is 6.98. The molecule has 1 aromatic heterocycles. The standard InChI is InChI=1S/C24H25ClFN3O2/c1-15(22(30)29-18-5-2-16(25)3-6-18)24(31)11-9-23(27,10-12-24)20-8-13-28-21-7-4-17(26)14-19(20)21/h2-8,13-15,31H,9-12,27H2,1H3,(H,29,30)/t15-,23?,24?/m0/s1. The lowest BCUT2D eigenvalue weighted by atomic mass is 9.67. The number of aromatic nitrogens is 1. The van der Waals surface area contributed by atoms with Crippen LogP contribution in [0.1, 0.15) is 38.2 Å². The van der Waals surface area contributed by atoms with E-state index in [1.54, 1.807) is 43.5 Å². The normalized spacial score (nSPS) is 24.7. The molecule has 3 aromatic rings. The summed E-state index contributed by atoms with van der Waals surface area (Å²) in [4.78, 5) is 17.1. The highest BCUT2D eigenvalue weighted by Gasteiger charge is 2.46. The molecule has 5 nitrogen and oxygen atoms in total. The molecule has 1 saturated carbocycles. The smallest absolute Gasteiger partial charge is 0.230 e. The van der Waals surface area contributed by atoms with Crippen LogP contribution in [-0.4, -0.2) is 21.6 Å². The molecule has 2 aromatic carbocycles. The number of nitrogens with two attached hydrogens (primary N) is 1. The highest BCUT2D eigenvalue weighted by atomic mass is 35.5. The van der Waals surface area contributed by atoms with Gasteiger partial charge in [0.1, 0.15) is 5.82 Å². The molecule has 4 rings (SSSR count). The molecule has 1 aliphatic rings. The quantitative estimate of drug-likeness (QED) is 0.544. The van der Waals surface area contributed by atoms with E-state index in [4.69, 9.17) is 17.3 Å². The predicted octanol–water partition coefficient (Wildman–Crippen LogP) is 4.76. The minimum absolute atomic E-state index is 0.259. The number of aliphatic hydroxyl groups is 1. The van der Waals surface area contributed by atoms with Gasteiger partial charge in [-0.3, -0.25) is 9.78 Å². The second-order valence-electron chi connectivity index (χ2n) is 8.50. The molecule has 0 bridgehead atoms. The van der Waals surface area contributed by atoms with Gasteiger partial charge in [-0.25, -0.2) is 4.39 Å². The van der Waals surface area contributed by atoms with E-state index in [0.717, 1.165) is 5.56 Å². The molecule has 31 heavy (non-hydrogen) atoms. The number of hydrogen-bond acceptors (Lipinski definition) is 4. The zero-order valence-corrected chi connectivity index (χ0v) is 18.0. The Morgan fingerprint density at radius 3 is 2.52 bits per heavy atom. The van der Waals surface area contributed by atoms with E-state index in [1.807, 2.05) is 6.07 Å². The molecule has 0 radical (unpaired) electrons. The van der Waals surface area contributed by atoms with Crippen molar-refractivity contribution in [3.8, 4) is 0 Å². The summed E-state index contributed by atoms with van der Waals surface area (Å²) in [7, 11) is 0. The largest absolute Gasteiger partial charge is 0.389 e. The second kappa shape index (κ2) is 8.19. The maximum Gasteiger partial charge on any atom is 0.230 e. The summed E-state index contributed by atoms with van der Waals surface area (Å²) in [6.07, 6.45) is 3.33. The monoisotopic (exact) mass is 441 g/mol. The van der Waals surface area contributed by atoms with Gasteiger partial charge in [0.05, 0.1) is 17.0 Å². The highest BCUT2D eigenvalue weighted by Crippen LogP contribution is 2.44. The number of hydrogen-bond donors (Lipinski definition) is 3. The Morgan fingerprint density at radius 2 is 1.84 bits per heavy atom. The van der Waals surface area contributed by atoms with Crippen molar-refractivity contribution in [1.29, 1.82) is 0 Å². The summed E-state index contributed by atoms with van der Waals surface area (Å²) in [6, 6.07) is 13.1. The third-order valence-corrected chi connectivity index (χ3v) is 6.81. The van der Waals surface area contributed by atoms with Gasteiger partial charge in [0.15, 0.2) is 0 Å². The van der Waals surface area contributed by atoms with E-state index in [1.165, 1.54) is 12.1 Å². The summed E-state index contributed by atoms with van der Waals surface area (Å²) >= 11 is 5.89. The Morgan fingerprint density at radius 1 is 1.16 bits per heavy atom. The first-order valence-corrected chi connectivity index (χ1v) is 10.7. The zero-order valence-electron chi connectivity index (χ0n) is 17.2. The number of nitrogens with zero attached hydrogens (tertiary/aromatic N) is 1. The first kappa shape index (κ1) is 21.7. The van der Waals surface area contributed by atoms with E-state index in [2.05, 4.69) is 10.3 Å². The number of rotatable bonds is 4. The van der Waals surface area contributed by atoms with Gasteiger partial charge in [0.2, 0.25) is 5.91 Å². The van der Waals surface area contributed by atoms with Crippen molar-refractivity contribution in [2.75, 3.05) is 5.32 Å². The fourth-order valence-electron chi connectivity index (χ4n) is 4.41. The molecule has 0 saturated heterocycles. The number of benzene rings is 2. The molecule has 4 N–H and O–H groups in total. The molecule has 1 atom stereocenters. The number of carbonyl (C=O) groups is 1. The fourth-order valence-corrected chi connectivity index (χ4v) is 4.54. The number of fused-ring (bicyclic) bond motifs is 1. The third kappa shape index (κ3) is 4.28. The summed E-state index contributed by atoms with van der Waals surface area (Å²) in [5, 5.41) is 15.4. The summed E-state index contributed by atoms with van der Waals surface area (Å²) < 4.78 is 13.9. The van der Waals surface area contributed by atoms with Gasteiger partial charge in [0, 0.05) is 27.8 Å². The first-order chi connectivity index (χ1) is 14.7. The maximum absolute atomic E-state index is 13.9. The van der Waals surface area contributed by atoms with Crippen molar-refractivity contribution in [3.05, 3.63) is 71.1 Å². The Hall–Kier alpha value is -2.54. The molecule has 0 spiro atoms. The van der Waals surface area contributed by atoms with Crippen molar-refractivity contribution in [2.24, 2.45) is 11.7 Å². The molecule has 162 valence electrons. The van der Waals surface area contributed by atoms with Gasteiger partial charge in [-0.05, 0) is 79.8 Å². The van der Waals surface area contributed by atoms with E-state index in [0.29, 0.717) is 47.3 Å². The average Bonchev–Trinajstić information content (AvgIpc) is 2.76. The van der Waals surface area contributed by atoms with Crippen molar-refractivity contribution in [3.63, 3.8) is 0 Å². The molecule has 0 aliphatic heterocycles. The van der Waals surface area contributed by atoms with Gasteiger partial charge >= 0.3 is 0 Å². The van der Waals surface area contributed by atoms with Crippen molar-refractivity contribution in [1.82, 2.24) is 4.98 Å². The van der Waals surface area contributed by atoms with Crippen LogP contribution in [0.5, 0.6) is 0 Å². The van der Waals surface area contributed by atoms with E-state index in [9.17, 15) is 14.3 Å². The van der Waals surface area contributed by atoms with Crippen LogP contribution in [0.4, 0.5) is 10.1 Å². The minimum atomic E-state index is -1.17. The van der Waals surface area contributed by atoms with E-state index < -0.39 is 17.1 Å². The molecule has 1 aliphatic carbocycles. The van der Waals surface area contributed by atoms with Crippen LogP contribution in [-0.2, 0) is 10.3 Å². The van der Waals surface area contributed by atoms with Crippen molar-refractivity contribution in [2.45, 2.75) is 43.7 Å². The average molecular weight is 442 g/mol. The van der Waals surface area contributed by atoms with Crippen molar-refractivity contribution < 1.29 is 14.3 Å². The lowest BCUT2D eigenvalue weighted by molar-refractivity contribution is -0.132. The summed E-state index contributed by atoms with van der Waals surface area (Å²) in [6.45, 7) is 1.73. The van der Waals surface area contributed by atoms with Crippen LogP contribution in [0.2, 0.25) is 5.02 Å². The van der Waals surface area contributed by atoms with Crippen LogP contribution in [0.15, 0.2) is 54.7 Å². The number of amides is 1. The molecule has 0 unspecified atom stereocenters. The topological polar surface area (TPSA) is 88.2 Å². The Bertz CT molecular complexity index is 1110. The van der Waals surface area contributed by atoms with Crippen LogP contribution in [0.3, 0.4) is 0 Å². The van der Waals surface area contributed by atoms with E-state index in [-0.39, 0.29) is 11.7 Å². The summed E-state index contributed by atoms with van der Waals surface area (Å²) in [5.74, 6) is -1.23. The molecular weight excluding hydrogens is 417 g/mol. The molecule has 7 heteroatoms. The highest BCUT2D eigenvalue weighted by molar-refractivity contribution is 6.30. The van der Waals surface area contributed by atoms with E-state index >= 15 is 0 Å². The lowest BCUT2D eigenvalue weighted by Gasteiger charge is -2.44. The van der Waals surface area contributed by atoms with Crippen LogP contribution < -0.4 is 11.1 Å². The van der Waals surface area contributed by atoms with Gasteiger partial charge < -0.3 is 16.2 Å². The molecule has 1 heterocycles. The lowest BCUT2D eigenvalue weighted by Crippen LogP contribution is -2.51. The zero-order chi connectivity index (χ0) is 22.2. The third-order valence-electron chi connectivity index (χ3n) is 6.56. The minimum Gasteiger partial charge on any atom is -0.389 e. The molecule has 1 amide bonds. The molecular formula is C24H25ClFN3O2. The SMILES string of the molecule is C[C@@H](C(=O)Nc1ccc(Cl)cc1)C1(O)CCC(N)(c2ccnc3ccc(F)cc23)CC1. The first-order valence-electron chi connectivity index (χ1n) is 10.3. The Balaban J connectivity index is 1.51. The van der Waals surface area contributed by atoms with Gasteiger partial charge in [-0.1, -0.05) is 18.5 Å². The van der Waals surface area contributed by atoms with Crippen LogP contribution in [0.25, 0.3) is 10.9 Å². The molecule has 1 fully saturated rings. The van der Waals surface area contributed by atoms with Gasteiger partial charge in [-0.15, -0.1) is 0 Å². The van der Waals surface area contributed by atoms with Gasteiger partial charge in [-0.2, -0.15) is 0 Å².